The van der Waals surface area contributed by atoms with Gasteiger partial charge in [-0.25, -0.2) is 0 Å². The monoisotopic (exact) mass is 375 g/mol. The zero-order valence-electron chi connectivity index (χ0n) is 12.7. The Labute approximate surface area is 144 Å². The van der Waals surface area contributed by atoms with E-state index >= 15 is 0 Å². The van der Waals surface area contributed by atoms with Crippen molar-refractivity contribution in [2.24, 2.45) is 0 Å². The van der Waals surface area contributed by atoms with Crippen LogP contribution in [0, 0.1) is 0 Å². The summed E-state index contributed by atoms with van der Waals surface area (Å²) in [5.41, 5.74) is 0. The highest BCUT2D eigenvalue weighted by molar-refractivity contribution is 8.23. The van der Waals surface area contributed by atoms with Crippen molar-refractivity contribution < 1.29 is 27.5 Å². The van der Waals surface area contributed by atoms with Crippen molar-refractivity contribution in [1.82, 2.24) is 5.32 Å². The second kappa shape index (κ2) is 11.7. The zero-order chi connectivity index (χ0) is 17.3. The molecule has 0 rings (SSSR count). The van der Waals surface area contributed by atoms with Crippen molar-refractivity contribution in [2.75, 3.05) is 6.61 Å². The molecule has 0 radical (unpaired) electrons. The SMILES string of the molecule is C.CCOC(=S)SC(CCC(C)=O)CC(NC(C)=O)C(F)(F)F. The molecule has 2 atom stereocenters. The van der Waals surface area contributed by atoms with Crippen LogP contribution in [0.2, 0.25) is 0 Å². The molecule has 0 fully saturated rings. The zero-order valence-corrected chi connectivity index (χ0v) is 14.3. The van der Waals surface area contributed by atoms with Crippen molar-refractivity contribution in [2.45, 2.75) is 64.9 Å². The molecule has 4 nitrogen and oxygen atoms in total. The number of hydrogen-bond donors (Lipinski definition) is 1. The number of Topliss-reactive ketones (excluding diaryl/α,β-unsaturated/α-hetero) is 1. The maximum Gasteiger partial charge on any atom is 0.408 e. The van der Waals surface area contributed by atoms with Crippen LogP contribution < -0.4 is 5.32 Å². The van der Waals surface area contributed by atoms with Crippen molar-refractivity contribution >= 4 is 40.1 Å². The third kappa shape index (κ3) is 12.3. The van der Waals surface area contributed by atoms with Gasteiger partial charge in [0.1, 0.15) is 11.8 Å². The van der Waals surface area contributed by atoms with E-state index in [0.29, 0.717) is 6.61 Å². The Morgan fingerprint density at radius 2 is 1.87 bits per heavy atom. The lowest BCUT2D eigenvalue weighted by Crippen LogP contribution is -2.46. The number of halogens is 3. The van der Waals surface area contributed by atoms with Gasteiger partial charge in [-0.3, -0.25) is 4.79 Å². The third-order valence-corrected chi connectivity index (χ3v) is 4.09. The fourth-order valence-corrected chi connectivity index (χ4v) is 3.17. The van der Waals surface area contributed by atoms with Crippen LogP contribution in [0.3, 0.4) is 0 Å². The summed E-state index contributed by atoms with van der Waals surface area (Å²) in [5, 5.41) is 1.33. The Kier molecular flexibility index (Phi) is 12.4. The van der Waals surface area contributed by atoms with E-state index in [-0.39, 0.29) is 36.9 Å². The fourth-order valence-electron chi connectivity index (χ4n) is 1.66. The standard InChI is InChI=1S/C13H20F3NO3S2.CH4/c1-4-20-12(21)22-10(6-5-8(2)18)7-11(13(14,15)16)17-9(3)19;/h10-11H,4-7H2,1-3H3,(H,17,19);1H4. The molecule has 0 aromatic rings. The maximum absolute atomic E-state index is 13.0. The lowest BCUT2D eigenvalue weighted by Gasteiger charge is -2.25. The molecule has 0 saturated heterocycles. The number of carbonyl (C=O) groups is 2. The van der Waals surface area contributed by atoms with Crippen molar-refractivity contribution in [3.63, 3.8) is 0 Å². The highest BCUT2D eigenvalue weighted by atomic mass is 32.2. The Hall–Kier alpha value is -0.830. The Morgan fingerprint density at radius 1 is 1.30 bits per heavy atom. The van der Waals surface area contributed by atoms with Gasteiger partial charge in [-0.05, 0) is 38.9 Å². The van der Waals surface area contributed by atoms with Gasteiger partial charge in [-0.2, -0.15) is 13.2 Å². The van der Waals surface area contributed by atoms with Gasteiger partial charge >= 0.3 is 6.18 Å². The highest BCUT2D eigenvalue weighted by Gasteiger charge is 2.41. The minimum atomic E-state index is -4.56. The number of ether oxygens (including phenoxy) is 1. The van der Waals surface area contributed by atoms with Crippen LogP contribution in [-0.4, -0.2) is 40.1 Å². The number of ketones is 1. The van der Waals surface area contributed by atoms with Gasteiger partial charge in [0.05, 0.1) is 6.61 Å². The van der Waals surface area contributed by atoms with Gasteiger partial charge in [0, 0.05) is 18.6 Å². The second-order valence-electron chi connectivity index (χ2n) is 4.69. The molecule has 0 aromatic heterocycles. The summed E-state index contributed by atoms with van der Waals surface area (Å²) in [7, 11) is 0. The first-order valence-electron chi connectivity index (χ1n) is 6.72. The van der Waals surface area contributed by atoms with Crippen LogP contribution >= 0.6 is 24.0 Å². The van der Waals surface area contributed by atoms with Crippen LogP contribution in [0.5, 0.6) is 0 Å². The number of carbonyl (C=O) groups excluding carboxylic acids is 2. The number of alkyl halides is 3. The largest absolute Gasteiger partial charge is 0.479 e. The van der Waals surface area contributed by atoms with Crippen LogP contribution in [0.4, 0.5) is 13.2 Å². The maximum atomic E-state index is 13.0. The van der Waals surface area contributed by atoms with Gasteiger partial charge in [-0.1, -0.05) is 19.2 Å². The van der Waals surface area contributed by atoms with E-state index in [2.05, 4.69) is 0 Å². The molecule has 0 bridgehead atoms. The first-order chi connectivity index (χ1) is 10.1. The first-order valence-corrected chi connectivity index (χ1v) is 8.01. The van der Waals surface area contributed by atoms with Crippen LogP contribution in [0.15, 0.2) is 0 Å². The van der Waals surface area contributed by atoms with E-state index in [1.165, 1.54) is 6.92 Å². The third-order valence-electron chi connectivity index (χ3n) is 2.61. The fraction of sp³-hybridized carbons (Fsp3) is 0.786. The molecule has 0 spiro atoms. The predicted molar refractivity (Wildman–Crippen MR) is 90.5 cm³/mol. The average Bonchev–Trinajstić information content (AvgIpc) is 2.33. The van der Waals surface area contributed by atoms with E-state index in [0.717, 1.165) is 18.7 Å². The molecule has 0 aliphatic heterocycles. The molecule has 0 heterocycles. The molecule has 0 saturated carbocycles. The van der Waals surface area contributed by atoms with E-state index in [4.69, 9.17) is 17.0 Å². The van der Waals surface area contributed by atoms with E-state index in [1.807, 2.05) is 5.32 Å². The topological polar surface area (TPSA) is 55.4 Å². The Morgan fingerprint density at radius 3 is 2.26 bits per heavy atom. The number of hydrogen-bond acceptors (Lipinski definition) is 5. The molecule has 2 unspecified atom stereocenters. The van der Waals surface area contributed by atoms with E-state index < -0.39 is 23.4 Å². The smallest absolute Gasteiger partial charge is 0.408 e. The molecular formula is C14H24F3NO3S2. The summed E-state index contributed by atoms with van der Waals surface area (Å²) < 4.78 is 44.1. The van der Waals surface area contributed by atoms with Gasteiger partial charge in [0.2, 0.25) is 10.3 Å². The lowest BCUT2D eigenvalue weighted by atomic mass is 10.1. The van der Waals surface area contributed by atoms with E-state index in [1.54, 1.807) is 6.92 Å². The van der Waals surface area contributed by atoms with Crippen molar-refractivity contribution in [3.8, 4) is 0 Å². The average molecular weight is 375 g/mol. The molecule has 1 N–H and O–H groups in total. The number of thiocarbonyl (C=S) groups is 1. The minimum absolute atomic E-state index is 0. The normalized spacial score (nSPS) is 13.5. The minimum Gasteiger partial charge on any atom is -0.479 e. The Bertz CT molecular complexity index is 403. The lowest BCUT2D eigenvalue weighted by molar-refractivity contribution is -0.162. The molecular weight excluding hydrogens is 351 g/mol. The van der Waals surface area contributed by atoms with Crippen molar-refractivity contribution in [1.29, 1.82) is 0 Å². The van der Waals surface area contributed by atoms with Crippen LogP contribution in [-0.2, 0) is 14.3 Å². The summed E-state index contributed by atoms with van der Waals surface area (Å²) in [6.45, 7) is 4.44. The second-order valence-corrected chi connectivity index (χ2v) is 6.60. The summed E-state index contributed by atoms with van der Waals surface area (Å²) in [5.74, 6) is -0.874. The molecule has 136 valence electrons. The first kappa shape index (κ1) is 24.4. The van der Waals surface area contributed by atoms with Gasteiger partial charge in [-0.15, -0.1) is 0 Å². The molecule has 9 heteroatoms. The summed E-state index contributed by atoms with van der Waals surface area (Å²) >= 11 is 5.92. The van der Waals surface area contributed by atoms with Crippen LogP contribution in [0.25, 0.3) is 0 Å². The number of amides is 1. The molecule has 0 aliphatic rings. The summed E-state index contributed by atoms with van der Waals surface area (Å²) in [4.78, 5) is 22.0. The number of nitrogens with one attached hydrogen (secondary N) is 1. The van der Waals surface area contributed by atoms with Crippen LogP contribution in [0.1, 0.15) is 47.5 Å². The predicted octanol–water partition coefficient (Wildman–Crippen LogP) is 3.87. The molecule has 0 aromatic carbocycles. The number of thioether (sulfide) groups is 1. The highest BCUT2D eigenvalue weighted by Crippen LogP contribution is 2.30. The quantitative estimate of drug-likeness (QED) is 0.653. The van der Waals surface area contributed by atoms with E-state index in [9.17, 15) is 22.8 Å². The Balaban J connectivity index is 0. The summed E-state index contributed by atoms with van der Waals surface area (Å²) in [6.07, 6.45) is -4.54. The van der Waals surface area contributed by atoms with Gasteiger partial charge in [0.15, 0.2) is 0 Å². The molecule has 23 heavy (non-hydrogen) atoms. The van der Waals surface area contributed by atoms with Gasteiger partial charge < -0.3 is 14.8 Å². The summed E-state index contributed by atoms with van der Waals surface area (Å²) in [6, 6.07) is -1.97. The molecule has 0 aliphatic carbocycles. The van der Waals surface area contributed by atoms with Crippen molar-refractivity contribution in [3.05, 3.63) is 0 Å². The number of rotatable bonds is 8. The van der Waals surface area contributed by atoms with Gasteiger partial charge in [0.25, 0.3) is 0 Å². The molecule has 1 amide bonds.